The first-order valence-corrected chi connectivity index (χ1v) is 7.60. The van der Waals surface area contributed by atoms with Gasteiger partial charge in [-0.15, -0.1) is 0 Å². The van der Waals surface area contributed by atoms with E-state index in [1.54, 1.807) is 0 Å². The van der Waals surface area contributed by atoms with Gasteiger partial charge in [-0.05, 0) is 38.6 Å². The summed E-state index contributed by atoms with van der Waals surface area (Å²) in [5.74, 6) is 0.307. The van der Waals surface area contributed by atoms with Crippen LogP contribution in [0.2, 0.25) is 0 Å². The molecule has 0 bridgehead atoms. The normalized spacial score (nSPS) is 32.8. The minimum Gasteiger partial charge on any atom is -0.342 e. The van der Waals surface area contributed by atoms with E-state index < -0.39 is 0 Å². The summed E-state index contributed by atoms with van der Waals surface area (Å²) in [6.07, 6.45) is 7.63. The van der Waals surface area contributed by atoms with Gasteiger partial charge in [-0.2, -0.15) is 0 Å². The van der Waals surface area contributed by atoms with Gasteiger partial charge in [0.05, 0.1) is 6.54 Å². The van der Waals surface area contributed by atoms with Gasteiger partial charge in [-0.25, -0.2) is 0 Å². The molecular formula is C14H25N3O. The average Bonchev–Trinajstić information content (AvgIpc) is 3.06. The number of hydrogen-bond acceptors (Lipinski definition) is 3. The van der Waals surface area contributed by atoms with Crippen LogP contribution in [0.25, 0.3) is 0 Å². The number of carbonyl (C=O) groups is 1. The number of hydrogen-bond donors (Lipinski definition) is 1. The van der Waals surface area contributed by atoms with Crippen LogP contribution < -0.4 is 5.32 Å². The van der Waals surface area contributed by atoms with Crippen LogP contribution in [0.3, 0.4) is 0 Å². The van der Waals surface area contributed by atoms with E-state index in [9.17, 15) is 4.79 Å². The molecule has 1 amide bonds. The van der Waals surface area contributed by atoms with E-state index in [2.05, 4.69) is 10.2 Å². The van der Waals surface area contributed by atoms with E-state index in [0.717, 1.165) is 13.1 Å². The highest BCUT2D eigenvalue weighted by atomic mass is 16.2. The van der Waals surface area contributed by atoms with E-state index in [0.29, 0.717) is 24.5 Å². The second-order valence-electron chi connectivity index (χ2n) is 5.96. The summed E-state index contributed by atoms with van der Waals surface area (Å²) >= 11 is 0. The number of carbonyl (C=O) groups excluding carboxylic acids is 1. The van der Waals surface area contributed by atoms with Crippen LogP contribution in [0.5, 0.6) is 0 Å². The van der Waals surface area contributed by atoms with E-state index in [-0.39, 0.29) is 0 Å². The fraction of sp³-hybridized carbons (Fsp3) is 0.929. The smallest absolute Gasteiger partial charge is 0.236 e. The molecule has 0 aromatic rings. The van der Waals surface area contributed by atoms with Crippen molar-refractivity contribution in [2.75, 3.05) is 32.7 Å². The Morgan fingerprint density at radius 1 is 1.00 bits per heavy atom. The zero-order valence-corrected chi connectivity index (χ0v) is 11.2. The lowest BCUT2D eigenvalue weighted by Gasteiger charge is -2.32. The Morgan fingerprint density at radius 2 is 1.78 bits per heavy atom. The highest BCUT2D eigenvalue weighted by Crippen LogP contribution is 2.27. The Bertz CT molecular complexity index is 301. The largest absolute Gasteiger partial charge is 0.342 e. The quantitative estimate of drug-likeness (QED) is 0.807. The summed E-state index contributed by atoms with van der Waals surface area (Å²) < 4.78 is 0. The van der Waals surface area contributed by atoms with Gasteiger partial charge in [0, 0.05) is 31.7 Å². The predicted molar refractivity (Wildman–Crippen MR) is 71.4 cm³/mol. The van der Waals surface area contributed by atoms with Crippen molar-refractivity contribution in [2.24, 2.45) is 0 Å². The third-order valence-corrected chi connectivity index (χ3v) is 4.83. The summed E-state index contributed by atoms with van der Waals surface area (Å²) in [7, 11) is 0. The standard InChI is InChI=1S/C14H25N3O/c18-14(17-8-3-4-9-17)11-15-12-6-10-16-7-2-1-5-13(12)16/h12-13,15H,1-11H2. The van der Waals surface area contributed by atoms with Crippen LogP contribution in [-0.2, 0) is 4.79 Å². The molecule has 2 unspecified atom stereocenters. The minimum atomic E-state index is 0.307. The second-order valence-corrected chi connectivity index (χ2v) is 5.96. The molecule has 3 fully saturated rings. The molecule has 0 aromatic heterocycles. The van der Waals surface area contributed by atoms with Crippen molar-refractivity contribution in [2.45, 2.75) is 50.6 Å². The molecule has 102 valence electrons. The second kappa shape index (κ2) is 5.57. The molecule has 3 rings (SSSR count). The Morgan fingerprint density at radius 3 is 2.61 bits per heavy atom. The van der Waals surface area contributed by atoms with Gasteiger partial charge in [0.1, 0.15) is 0 Å². The van der Waals surface area contributed by atoms with Gasteiger partial charge in [0.2, 0.25) is 5.91 Å². The highest BCUT2D eigenvalue weighted by Gasteiger charge is 2.35. The molecule has 3 aliphatic heterocycles. The molecule has 0 saturated carbocycles. The van der Waals surface area contributed by atoms with E-state index in [1.165, 1.54) is 51.6 Å². The van der Waals surface area contributed by atoms with Crippen molar-refractivity contribution in [3.05, 3.63) is 0 Å². The molecule has 4 heteroatoms. The molecule has 4 nitrogen and oxygen atoms in total. The summed E-state index contributed by atoms with van der Waals surface area (Å²) in [6.45, 7) is 4.99. The number of likely N-dealkylation sites (tertiary alicyclic amines) is 1. The van der Waals surface area contributed by atoms with Crippen LogP contribution in [0.15, 0.2) is 0 Å². The van der Waals surface area contributed by atoms with Crippen molar-refractivity contribution in [3.63, 3.8) is 0 Å². The van der Waals surface area contributed by atoms with Crippen LogP contribution in [-0.4, -0.2) is 60.5 Å². The van der Waals surface area contributed by atoms with E-state index in [1.807, 2.05) is 4.90 Å². The molecule has 0 aliphatic carbocycles. The molecule has 18 heavy (non-hydrogen) atoms. The highest BCUT2D eigenvalue weighted by molar-refractivity contribution is 5.78. The van der Waals surface area contributed by atoms with Gasteiger partial charge in [-0.3, -0.25) is 9.69 Å². The topological polar surface area (TPSA) is 35.6 Å². The number of nitrogens with one attached hydrogen (secondary N) is 1. The van der Waals surface area contributed by atoms with Gasteiger partial charge >= 0.3 is 0 Å². The van der Waals surface area contributed by atoms with Crippen LogP contribution in [0, 0.1) is 0 Å². The van der Waals surface area contributed by atoms with Gasteiger partial charge in [-0.1, -0.05) is 6.42 Å². The van der Waals surface area contributed by atoms with Crippen molar-refractivity contribution in [3.8, 4) is 0 Å². The Kier molecular flexibility index (Phi) is 3.85. The molecular weight excluding hydrogens is 226 g/mol. The Hall–Kier alpha value is -0.610. The summed E-state index contributed by atoms with van der Waals surface area (Å²) in [6, 6.07) is 1.25. The lowest BCUT2D eigenvalue weighted by Crippen LogP contribution is -2.47. The zero-order valence-electron chi connectivity index (χ0n) is 11.2. The predicted octanol–water partition coefficient (Wildman–Crippen LogP) is 0.825. The van der Waals surface area contributed by atoms with Crippen molar-refractivity contribution < 1.29 is 4.79 Å². The lowest BCUT2D eigenvalue weighted by molar-refractivity contribution is -0.129. The molecule has 2 atom stereocenters. The number of amides is 1. The molecule has 3 heterocycles. The first-order chi connectivity index (χ1) is 8.84. The third-order valence-electron chi connectivity index (χ3n) is 4.83. The van der Waals surface area contributed by atoms with Crippen molar-refractivity contribution in [1.29, 1.82) is 0 Å². The van der Waals surface area contributed by atoms with Gasteiger partial charge in [0.15, 0.2) is 0 Å². The van der Waals surface area contributed by atoms with E-state index >= 15 is 0 Å². The SMILES string of the molecule is O=C(CNC1CCN2CCCCC12)N1CCCC1. The van der Waals surface area contributed by atoms with Crippen LogP contribution in [0.4, 0.5) is 0 Å². The maximum atomic E-state index is 12.0. The fourth-order valence-corrected chi connectivity index (χ4v) is 3.78. The Labute approximate surface area is 110 Å². The van der Waals surface area contributed by atoms with Crippen molar-refractivity contribution in [1.82, 2.24) is 15.1 Å². The van der Waals surface area contributed by atoms with Gasteiger partial charge < -0.3 is 10.2 Å². The maximum Gasteiger partial charge on any atom is 0.236 e. The van der Waals surface area contributed by atoms with Gasteiger partial charge in [0.25, 0.3) is 0 Å². The Balaban J connectivity index is 1.46. The lowest BCUT2D eigenvalue weighted by atomic mass is 9.99. The number of fused-ring (bicyclic) bond motifs is 1. The molecule has 0 spiro atoms. The van der Waals surface area contributed by atoms with Crippen molar-refractivity contribution >= 4 is 5.91 Å². The van der Waals surface area contributed by atoms with E-state index in [4.69, 9.17) is 0 Å². The molecule has 0 radical (unpaired) electrons. The minimum absolute atomic E-state index is 0.307. The average molecular weight is 251 g/mol. The number of rotatable bonds is 3. The molecule has 3 saturated heterocycles. The van der Waals surface area contributed by atoms with Crippen LogP contribution in [0.1, 0.15) is 38.5 Å². The first kappa shape index (κ1) is 12.4. The molecule has 1 N–H and O–H groups in total. The summed E-state index contributed by atoms with van der Waals surface area (Å²) in [4.78, 5) is 16.6. The third kappa shape index (κ3) is 2.54. The molecule has 3 aliphatic rings. The fourth-order valence-electron chi connectivity index (χ4n) is 3.78. The van der Waals surface area contributed by atoms with Crippen LogP contribution >= 0.6 is 0 Å². The summed E-state index contributed by atoms with van der Waals surface area (Å²) in [5.41, 5.74) is 0. The summed E-state index contributed by atoms with van der Waals surface area (Å²) in [5, 5.41) is 3.52. The number of nitrogens with zero attached hydrogens (tertiary/aromatic N) is 2. The zero-order chi connectivity index (χ0) is 12.4. The first-order valence-electron chi connectivity index (χ1n) is 7.60. The molecule has 0 aromatic carbocycles. The number of piperidine rings is 1. The maximum absolute atomic E-state index is 12.0. The monoisotopic (exact) mass is 251 g/mol.